The van der Waals surface area contributed by atoms with Gasteiger partial charge in [0.15, 0.2) is 0 Å². The van der Waals surface area contributed by atoms with Crippen molar-refractivity contribution < 1.29 is 9.13 Å². The minimum absolute atomic E-state index is 0.286. The molecule has 0 fully saturated rings. The van der Waals surface area contributed by atoms with Crippen LogP contribution in [0.5, 0.6) is 5.75 Å². The number of benzene rings is 1. The summed E-state index contributed by atoms with van der Waals surface area (Å²) in [6.45, 7) is 1.96. The van der Waals surface area contributed by atoms with Gasteiger partial charge in [-0.05, 0) is 18.6 Å². The summed E-state index contributed by atoms with van der Waals surface area (Å²) in [5, 5.41) is 0.948. The van der Waals surface area contributed by atoms with E-state index in [0.717, 1.165) is 16.5 Å². The van der Waals surface area contributed by atoms with Crippen LogP contribution < -0.4 is 4.74 Å². The molecule has 2 nitrogen and oxygen atoms in total. The number of aryl methyl sites for hydroxylation is 1. The summed E-state index contributed by atoms with van der Waals surface area (Å²) in [4.78, 5) is 2.98. The summed E-state index contributed by atoms with van der Waals surface area (Å²) in [5.74, 6) is 0.292. The Labute approximate surface area is 75.3 Å². The lowest BCUT2D eigenvalue weighted by Crippen LogP contribution is -1.86. The lowest BCUT2D eigenvalue weighted by molar-refractivity contribution is 0.416. The van der Waals surface area contributed by atoms with Crippen molar-refractivity contribution in [2.24, 2.45) is 0 Å². The fourth-order valence-corrected chi connectivity index (χ4v) is 1.52. The number of halogens is 1. The van der Waals surface area contributed by atoms with Gasteiger partial charge in [0.25, 0.3) is 0 Å². The first-order valence-electron chi connectivity index (χ1n) is 4.03. The van der Waals surface area contributed by atoms with Crippen molar-refractivity contribution in [2.75, 3.05) is 7.11 Å². The zero-order valence-electron chi connectivity index (χ0n) is 7.52. The number of ether oxygens (including phenoxy) is 1. The summed E-state index contributed by atoms with van der Waals surface area (Å²) in [7, 11) is 1.54. The van der Waals surface area contributed by atoms with Crippen molar-refractivity contribution in [1.82, 2.24) is 4.98 Å². The van der Waals surface area contributed by atoms with Gasteiger partial charge in [-0.3, -0.25) is 0 Å². The van der Waals surface area contributed by atoms with Crippen LogP contribution in [0.4, 0.5) is 4.39 Å². The smallest absolute Gasteiger partial charge is 0.131 e. The number of fused-ring (bicyclic) bond motifs is 1. The Kier molecular flexibility index (Phi) is 1.72. The molecule has 0 saturated carbocycles. The number of rotatable bonds is 1. The van der Waals surface area contributed by atoms with Crippen LogP contribution in [-0.4, -0.2) is 12.1 Å². The SMILES string of the molecule is COc1cc(F)cc2[nH]cc(C)c12. The van der Waals surface area contributed by atoms with E-state index in [0.29, 0.717) is 5.75 Å². The summed E-state index contributed by atoms with van der Waals surface area (Å²) >= 11 is 0. The van der Waals surface area contributed by atoms with Gasteiger partial charge < -0.3 is 9.72 Å². The molecule has 3 heteroatoms. The van der Waals surface area contributed by atoms with Crippen LogP contribution in [0.1, 0.15) is 5.56 Å². The zero-order chi connectivity index (χ0) is 9.42. The second-order valence-corrected chi connectivity index (χ2v) is 3.00. The molecule has 0 aliphatic carbocycles. The molecule has 0 atom stereocenters. The van der Waals surface area contributed by atoms with E-state index in [2.05, 4.69) is 4.98 Å². The van der Waals surface area contributed by atoms with Gasteiger partial charge >= 0.3 is 0 Å². The highest BCUT2D eigenvalue weighted by Crippen LogP contribution is 2.29. The van der Waals surface area contributed by atoms with Crippen LogP contribution in [-0.2, 0) is 0 Å². The van der Waals surface area contributed by atoms with E-state index in [9.17, 15) is 4.39 Å². The molecule has 0 amide bonds. The van der Waals surface area contributed by atoms with Crippen molar-refractivity contribution in [3.05, 3.63) is 29.7 Å². The first kappa shape index (κ1) is 8.10. The van der Waals surface area contributed by atoms with Crippen molar-refractivity contribution >= 4 is 10.9 Å². The fourth-order valence-electron chi connectivity index (χ4n) is 1.52. The van der Waals surface area contributed by atoms with Gasteiger partial charge in [0.1, 0.15) is 11.6 Å². The molecule has 1 aromatic carbocycles. The second kappa shape index (κ2) is 2.76. The third kappa shape index (κ3) is 1.16. The molecule has 1 aromatic heterocycles. The van der Waals surface area contributed by atoms with Crippen molar-refractivity contribution in [1.29, 1.82) is 0 Å². The first-order chi connectivity index (χ1) is 6.22. The predicted molar refractivity (Wildman–Crippen MR) is 49.5 cm³/mol. The van der Waals surface area contributed by atoms with Gasteiger partial charge in [-0.1, -0.05) is 0 Å². The highest BCUT2D eigenvalue weighted by molar-refractivity contribution is 5.89. The van der Waals surface area contributed by atoms with E-state index < -0.39 is 0 Å². The third-order valence-corrected chi connectivity index (χ3v) is 2.13. The predicted octanol–water partition coefficient (Wildman–Crippen LogP) is 2.62. The molecule has 0 bridgehead atoms. The van der Waals surface area contributed by atoms with Crippen molar-refractivity contribution in [3.63, 3.8) is 0 Å². The second-order valence-electron chi connectivity index (χ2n) is 3.00. The monoisotopic (exact) mass is 179 g/mol. The highest BCUT2D eigenvalue weighted by Gasteiger charge is 2.07. The lowest BCUT2D eigenvalue weighted by Gasteiger charge is -2.02. The molecule has 1 N–H and O–H groups in total. The molecule has 1 heterocycles. The maximum Gasteiger partial charge on any atom is 0.131 e. The summed E-state index contributed by atoms with van der Waals surface area (Å²) in [5.41, 5.74) is 1.83. The lowest BCUT2D eigenvalue weighted by atomic mass is 10.2. The topological polar surface area (TPSA) is 25.0 Å². The average Bonchev–Trinajstić information content (AvgIpc) is 2.46. The molecule has 0 unspecified atom stereocenters. The van der Waals surface area contributed by atoms with E-state index in [1.165, 1.54) is 12.1 Å². The Balaban J connectivity index is 2.85. The minimum atomic E-state index is -0.286. The number of nitrogens with one attached hydrogen (secondary N) is 1. The third-order valence-electron chi connectivity index (χ3n) is 2.13. The zero-order valence-corrected chi connectivity index (χ0v) is 7.52. The van der Waals surface area contributed by atoms with E-state index >= 15 is 0 Å². The normalized spacial score (nSPS) is 10.7. The highest BCUT2D eigenvalue weighted by atomic mass is 19.1. The number of aromatic amines is 1. The molecular formula is C10H10FNO. The van der Waals surface area contributed by atoms with Gasteiger partial charge in [0.05, 0.1) is 12.6 Å². The molecular weight excluding hydrogens is 169 g/mol. The molecule has 0 saturated heterocycles. The maximum atomic E-state index is 13.0. The Hall–Kier alpha value is -1.51. The Bertz CT molecular complexity index is 447. The standard InChI is InChI=1S/C10H10FNO/c1-6-5-12-8-3-7(11)4-9(13-2)10(6)8/h3-5,12H,1-2H3. The first-order valence-corrected chi connectivity index (χ1v) is 4.03. The van der Waals surface area contributed by atoms with E-state index in [1.807, 2.05) is 13.1 Å². The summed E-state index contributed by atoms with van der Waals surface area (Å²) < 4.78 is 18.1. The number of aromatic nitrogens is 1. The number of H-pyrrole nitrogens is 1. The van der Waals surface area contributed by atoms with Crippen LogP contribution in [0.2, 0.25) is 0 Å². The van der Waals surface area contributed by atoms with E-state index in [-0.39, 0.29) is 5.82 Å². The van der Waals surface area contributed by atoms with Crippen molar-refractivity contribution in [2.45, 2.75) is 6.92 Å². The van der Waals surface area contributed by atoms with Gasteiger partial charge in [0.2, 0.25) is 0 Å². The van der Waals surface area contributed by atoms with Crippen LogP contribution in [0.25, 0.3) is 10.9 Å². The molecule has 2 rings (SSSR count). The Morgan fingerprint density at radius 2 is 2.15 bits per heavy atom. The summed E-state index contributed by atoms with van der Waals surface area (Å²) in [6, 6.07) is 2.86. The molecule has 13 heavy (non-hydrogen) atoms. The number of hydrogen-bond acceptors (Lipinski definition) is 1. The van der Waals surface area contributed by atoms with E-state index in [4.69, 9.17) is 4.74 Å². The maximum absolute atomic E-state index is 13.0. The quantitative estimate of drug-likeness (QED) is 0.715. The minimum Gasteiger partial charge on any atom is -0.496 e. The molecule has 0 radical (unpaired) electrons. The van der Waals surface area contributed by atoms with Crippen LogP contribution >= 0.6 is 0 Å². The van der Waals surface area contributed by atoms with E-state index in [1.54, 1.807) is 7.11 Å². The fraction of sp³-hybridized carbons (Fsp3) is 0.200. The van der Waals surface area contributed by atoms with Gasteiger partial charge in [-0.15, -0.1) is 0 Å². The number of hydrogen-bond donors (Lipinski definition) is 1. The number of methoxy groups -OCH3 is 1. The Morgan fingerprint density at radius 3 is 2.85 bits per heavy atom. The summed E-state index contributed by atoms with van der Waals surface area (Å²) in [6.07, 6.45) is 1.84. The van der Waals surface area contributed by atoms with Gasteiger partial charge in [0, 0.05) is 17.6 Å². The van der Waals surface area contributed by atoms with Crippen LogP contribution in [0.15, 0.2) is 18.3 Å². The van der Waals surface area contributed by atoms with Crippen molar-refractivity contribution in [3.8, 4) is 5.75 Å². The molecule has 0 aliphatic rings. The van der Waals surface area contributed by atoms with Crippen LogP contribution in [0, 0.1) is 12.7 Å². The average molecular weight is 179 g/mol. The molecule has 2 aromatic rings. The van der Waals surface area contributed by atoms with Gasteiger partial charge in [-0.25, -0.2) is 4.39 Å². The largest absolute Gasteiger partial charge is 0.496 e. The molecule has 0 spiro atoms. The molecule has 68 valence electrons. The van der Waals surface area contributed by atoms with Crippen LogP contribution in [0.3, 0.4) is 0 Å². The Morgan fingerprint density at radius 1 is 1.38 bits per heavy atom. The van der Waals surface area contributed by atoms with Gasteiger partial charge in [-0.2, -0.15) is 0 Å². The molecule has 0 aliphatic heterocycles.